The van der Waals surface area contributed by atoms with Gasteiger partial charge in [0.05, 0.1) is 25.1 Å². The molecule has 0 N–H and O–H groups in total. The molecule has 1 saturated heterocycles. The molecule has 2 aromatic carbocycles. The molecule has 3 aliphatic rings. The van der Waals surface area contributed by atoms with E-state index in [0.29, 0.717) is 36.6 Å². The predicted molar refractivity (Wildman–Crippen MR) is 97.8 cm³/mol. The number of benzene rings is 2. The number of ether oxygens (including phenoxy) is 2. The second-order valence-corrected chi connectivity index (χ2v) is 9.22. The molecule has 1 unspecified atom stereocenters. The maximum Gasteiger partial charge on any atom is 0.246 e. The Hall–Kier alpha value is -2.38. The molecule has 140 valence electrons. The van der Waals surface area contributed by atoms with Crippen molar-refractivity contribution < 1.29 is 22.7 Å². The maximum absolute atomic E-state index is 13.3. The summed E-state index contributed by atoms with van der Waals surface area (Å²) < 4.78 is 39.7. The summed E-state index contributed by atoms with van der Waals surface area (Å²) in [6.07, 6.45) is 1.40. The van der Waals surface area contributed by atoms with Gasteiger partial charge in [0.15, 0.2) is 5.78 Å². The molecule has 0 aromatic heterocycles. The van der Waals surface area contributed by atoms with E-state index in [1.54, 1.807) is 30.3 Å². The van der Waals surface area contributed by atoms with Crippen LogP contribution in [0, 0.1) is 0 Å². The Kier molecular flexibility index (Phi) is 3.61. The van der Waals surface area contributed by atoms with Gasteiger partial charge in [0, 0.05) is 19.4 Å². The molecule has 7 heteroatoms. The predicted octanol–water partition coefficient (Wildman–Crippen LogP) is 2.42. The minimum atomic E-state index is -3.72. The molecular formula is C20H19NO5S. The smallest absolute Gasteiger partial charge is 0.246 e. The molecule has 0 saturated carbocycles. The fourth-order valence-electron chi connectivity index (χ4n) is 4.21. The fraction of sp³-hybridized carbons (Fsp3) is 0.350. The molecule has 0 bridgehead atoms. The van der Waals surface area contributed by atoms with Crippen molar-refractivity contribution in [3.05, 3.63) is 53.6 Å². The monoisotopic (exact) mass is 385 g/mol. The number of Topliss-reactive ketones (excluding diaryl/α,β-unsaturated/α-hetero) is 1. The van der Waals surface area contributed by atoms with Gasteiger partial charge in [-0.1, -0.05) is 24.3 Å². The van der Waals surface area contributed by atoms with E-state index < -0.39 is 15.6 Å². The van der Waals surface area contributed by atoms with Gasteiger partial charge in [0.25, 0.3) is 0 Å². The first-order chi connectivity index (χ1) is 13.0. The molecule has 0 amide bonds. The summed E-state index contributed by atoms with van der Waals surface area (Å²) in [6, 6.07) is 12.4. The normalized spacial score (nSPS) is 24.4. The molecule has 6 nitrogen and oxygen atoms in total. The zero-order valence-corrected chi connectivity index (χ0v) is 15.5. The topological polar surface area (TPSA) is 72.9 Å². The second-order valence-electron chi connectivity index (χ2n) is 7.31. The molecule has 27 heavy (non-hydrogen) atoms. The van der Waals surface area contributed by atoms with Crippen LogP contribution in [-0.4, -0.2) is 43.8 Å². The lowest BCUT2D eigenvalue weighted by Gasteiger charge is -2.34. The first-order valence-corrected chi connectivity index (χ1v) is 10.5. The van der Waals surface area contributed by atoms with Crippen LogP contribution in [0.25, 0.3) is 0 Å². The summed E-state index contributed by atoms with van der Waals surface area (Å²) in [6.45, 7) is 0.987. The van der Waals surface area contributed by atoms with Crippen molar-refractivity contribution in [2.24, 2.45) is 0 Å². The second kappa shape index (κ2) is 5.81. The van der Waals surface area contributed by atoms with Crippen LogP contribution in [-0.2, 0) is 16.4 Å². The SMILES string of the molecule is O=C1CC2(CCN(S(=O)(=O)c3cccc4c3OCC4)C2)Oc2ccccc21. The number of carbonyl (C=O) groups excluding carboxylic acids is 1. The summed E-state index contributed by atoms with van der Waals surface area (Å²) in [5, 5.41) is 0. The minimum absolute atomic E-state index is 0.0000315. The zero-order chi connectivity index (χ0) is 18.6. The van der Waals surface area contributed by atoms with Crippen LogP contribution in [0.3, 0.4) is 0 Å². The van der Waals surface area contributed by atoms with Crippen molar-refractivity contribution in [3.8, 4) is 11.5 Å². The van der Waals surface area contributed by atoms with Crippen LogP contribution in [0.5, 0.6) is 11.5 Å². The van der Waals surface area contributed by atoms with E-state index in [1.165, 1.54) is 4.31 Å². The van der Waals surface area contributed by atoms with Crippen molar-refractivity contribution in [3.63, 3.8) is 0 Å². The number of hydrogen-bond acceptors (Lipinski definition) is 5. The maximum atomic E-state index is 13.3. The van der Waals surface area contributed by atoms with Crippen molar-refractivity contribution in [2.75, 3.05) is 19.7 Å². The number of para-hydroxylation sites is 2. The van der Waals surface area contributed by atoms with E-state index in [4.69, 9.17) is 9.47 Å². The van der Waals surface area contributed by atoms with Gasteiger partial charge >= 0.3 is 0 Å². The average molecular weight is 385 g/mol. The summed E-state index contributed by atoms with van der Waals surface area (Å²) in [5.41, 5.74) is 0.693. The number of nitrogens with zero attached hydrogens (tertiary/aromatic N) is 1. The summed E-state index contributed by atoms with van der Waals surface area (Å²) in [4.78, 5) is 12.8. The third-order valence-corrected chi connectivity index (χ3v) is 7.44. The van der Waals surface area contributed by atoms with Gasteiger partial charge in [-0.15, -0.1) is 0 Å². The minimum Gasteiger partial charge on any atom is -0.492 e. The van der Waals surface area contributed by atoms with Gasteiger partial charge in [-0.25, -0.2) is 8.42 Å². The Morgan fingerprint density at radius 1 is 1.07 bits per heavy atom. The highest BCUT2D eigenvalue weighted by Gasteiger charge is 2.49. The van der Waals surface area contributed by atoms with Crippen LogP contribution < -0.4 is 9.47 Å². The third kappa shape index (κ3) is 2.56. The molecule has 3 aliphatic heterocycles. The van der Waals surface area contributed by atoms with E-state index in [0.717, 1.165) is 12.0 Å². The largest absolute Gasteiger partial charge is 0.492 e. The Labute approximate surface area is 157 Å². The Morgan fingerprint density at radius 3 is 2.81 bits per heavy atom. The average Bonchev–Trinajstić information content (AvgIpc) is 3.29. The van der Waals surface area contributed by atoms with Crippen molar-refractivity contribution >= 4 is 15.8 Å². The van der Waals surface area contributed by atoms with E-state index in [-0.39, 0.29) is 23.6 Å². The molecule has 3 heterocycles. The Balaban J connectivity index is 1.46. The van der Waals surface area contributed by atoms with Crippen LogP contribution in [0.2, 0.25) is 0 Å². The lowest BCUT2D eigenvalue weighted by atomic mass is 9.89. The summed E-state index contributed by atoms with van der Waals surface area (Å²) in [7, 11) is -3.72. The summed E-state index contributed by atoms with van der Waals surface area (Å²) in [5.74, 6) is 1.00. The van der Waals surface area contributed by atoms with E-state index >= 15 is 0 Å². The first-order valence-electron chi connectivity index (χ1n) is 9.05. The van der Waals surface area contributed by atoms with Gasteiger partial charge in [0.1, 0.15) is 22.0 Å². The molecule has 5 rings (SSSR count). The highest BCUT2D eigenvalue weighted by molar-refractivity contribution is 7.89. The standard InChI is InChI=1S/C20H19NO5S/c22-16-12-20(26-17-6-2-1-5-15(16)17)9-10-21(13-20)27(23,24)18-7-3-4-14-8-11-25-19(14)18/h1-7H,8-13H2. The molecule has 1 atom stereocenters. The van der Waals surface area contributed by atoms with E-state index in [2.05, 4.69) is 0 Å². The number of sulfonamides is 1. The van der Waals surface area contributed by atoms with Gasteiger partial charge in [-0.2, -0.15) is 4.31 Å². The van der Waals surface area contributed by atoms with Gasteiger partial charge in [-0.3, -0.25) is 4.79 Å². The highest BCUT2D eigenvalue weighted by atomic mass is 32.2. The van der Waals surface area contributed by atoms with Crippen LogP contribution in [0.1, 0.15) is 28.8 Å². The number of hydrogen-bond donors (Lipinski definition) is 0. The Bertz CT molecular complexity index is 1050. The van der Waals surface area contributed by atoms with Crippen LogP contribution in [0.15, 0.2) is 47.4 Å². The lowest BCUT2D eigenvalue weighted by molar-refractivity contribution is 0.0498. The molecular weight excluding hydrogens is 366 g/mol. The first kappa shape index (κ1) is 16.8. The van der Waals surface area contributed by atoms with Crippen molar-refractivity contribution in [1.29, 1.82) is 0 Å². The summed E-state index contributed by atoms with van der Waals surface area (Å²) >= 11 is 0. The molecule has 2 aromatic rings. The number of ketones is 1. The van der Waals surface area contributed by atoms with E-state index in [9.17, 15) is 13.2 Å². The Morgan fingerprint density at radius 2 is 1.93 bits per heavy atom. The lowest BCUT2D eigenvalue weighted by Crippen LogP contribution is -2.45. The van der Waals surface area contributed by atoms with Gasteiger partial charge < -0.3 is 9.47 Å². The van der Waals surface area contributed by atoms with Crippen molar-refractivity contribution in [1.82, 2.24) is 4.31 Å². The van der Waals surface area contributed by atoms with Crippen LogP contribution in [0.4, 0.5) is 0 Å². The molecule has 1 fully saturated rings. The number of carbonyl (C=O) groups is 1. The van der Waals surface area contributed by atoms with Crippen molar-refractivity contribution in [2.45, 2.75) is 29.8 Å². The quantitative estimate of drug-likeness (QED) is 0.794. The molecule has 1 spiro atoms. The van der Waals surface area contributed by atoms with E-state index in [1.807, 2.05) is 12.1 Å². The third-order valence-electron chi connectivity index (χ3n) is 5.57. The fourth-order valence-corrected chi connectivity index (χ4v) is 5.90. The highest BCUT2D eigenvalue weighted by Crippen LogP contribution is 2.41. The zero-order valence-electron chi connectivity index (χ0n) is 14.7. The van der Waals surface area contributed by atoms with Gasteiger partial charge in [0.2, 0.25) is 10.0 Å². The van der Waals surface area contributed by atoms with Gasteiger partial charge in [-0.05, 0) is 23.8 Å². The van der Waals surface area contributed by atoms with Crippen LogP contribution >= 0.6 is 0 Å². The molecule has 0 aliphatic carbocycles. The number of fused-ring (bicyclic) bond motifs is 2. The molecule has 0 radical (unpaired) electrons. The number of rotatable bonds is 2.